The predicted octanol–water partition coefficient (Wildman–Crippen LogP) is 2.17. The highest BCUT2D eigenvalue weighted by atomic mass is 15.2. The zero-order valence-electron chi connectivity index (χ0n) is 13.2. The minimum atomic E-state index is 0.281. The Kier molecular flexibility index (Phi) is 5.27. The van der Waals surface area contributed by atoms with E-state index in [1.165, 1.54) is 58.3 Å². The van der Waals surface area contributed by atoms with Gasteiger partial charge < -0.3 is 10.6 Å². The minimum absolute atomic E-state index is 0.281. The van der Waals surface area contributed by atoms with Crippen molar-refractivity contribution in [3.63, 3.8) is 0 Å². The maximum Gasteiger partial charge on any atom is 0.0353 e. The molecule has 0 atom stereocenters. The SMILES string of the molecule is CC(C)CN1CCC(CN)(N(C)CC2CCC2)CC1. The van der Waals surface area contributed by atoms with Crippen LogP contribution in [0, 0.1) is 11.8 Å². The topological polar surface area (TPSA) is 32.5 Å². The summed E-state index contributed by atoms with van der Waals surface area (Å²) in [6.07, 6.45) is 6.81. The van der Waals surface area contributed by atoms with Crippen molar-refractivity contribution < 1.29 is 0 Å². The monoisotopic (exact) mass is 267 g/mol. The summed E-state index contributed by atoms with van der Waals surface area (Å²) in [5, 5.41) is 0. The molecule has 0 aromatic rings. The number of nitrogens with zero attached hydrogens (tertiary/aromatic N) is 2. The summed E-state index contributed by atoms with van der Waals surface area (Å²) in [5.41, 5.74) is 6.44. The molecule has 2 fully saturated rings. The highest BCUT2D eigenvalue weighted by molar-refractivity contribution is 4.96. The number of rotatable bonds is 6. The highest BCUT2D eigenvalue weighted by Gasteiger charge is 2.38. The Morgan fingerprint density at radius 3 is 2.32 bits per heavy atom. The normalized spacial score (nSPS) is 24.9. The van der Waals surface area contributed by atoms with Crippen LogP contribution in [0.2, 0.25) is 0 Å². The summed E-state index contributed by atoms with van der Waals surface area (Å²) in [4.78, 5) is 5.22. The maximum absolute atomic E-state index is 6.16. The molecular weight excluding hydrogens is 234 g/mol. The van der Waals surface area contributed by atoms with Crippen molar-refractivity contribution >= 4 is 0 Å². The van der Waals surface area contributed by atoms with Crippen LogP contribution < -0.4 is 5.73 Å². The molecule has 2 aliphatic rings. The fourth-order valence-electron chi connectivity index (χ4n) is 3.67. The molecule has 3 nitrogen and oxygen atoms in total. The summed E-state index contributed by atoms with van der Waals surface area (Å²) in [6, 6.07) is 0. The fraction of sp³-hybridized carbons (Fsp3) is 1.00. The van der Waals surface area contributed by atoms with Crippen LogP contribution in [-0.4, -0.2) is 55.1 Å². The van der Waals surface area contributed by atoms with Gasteiger partial charge in [0.1, 0.15) is 0 Å². The lowest BCUT2D eigenvalue weighted by Gasteiger charge is -2.49. The van der Waals surface area contributed by atoms with Gasteiger partial charge in [-0.1, -0.05) is 20.3 Å². The van der Waals surface area contributed by atoms with E-state index < -0.39 is 0 Å². The molecule has 19 heavy (non-hydrogen) atoms. The van der Waals surface area contributed by atoms with Gasteiger partial charge in [-0.3, -0.25) is 4.90 Å². The van der Waals surface area contributed by atoms with E-state index in [2.05, 4.69) is 30.7 Å². The first-order chi connectivity index (χ1) is 9.05. The van der Waals surface area contributed by atoms with Gasteiger partial charge in [0.25, 0.3) is 0 Å². The standard InChI is InChI=1S/C16H33N3/c1-14(2)11-19-9-7-16(13-17,8-10-19)18(3)12-15-5-4-6-15/h14-15H,4-13,17H2,1-3H3. The van der Waals surface area contributed by atoms with Gasteiger partial charge in [-0.2, -0.15) is 0 Å². The molecule has 1 aliphatic carbocycles. The Balaban J connectivity index is 1.85. The van der Waals surface area contributed by atoms with Crippen LogP contribution in [-0.2, 0) is 0 Å². The van der Waals surface area contributed by atoms with Crippen LogP contribution in [0.25, 0.3) is 0 Å². The van der Waals surface area contributed by atoms with Crippen molar-refractivity contribution in [2.24, 2.45) is 17.6 Å². The van der Waals surface area contributed by atoms with E-state index in [-0.39, 0.29) is 5.54 Å². The second kappa shape index (κ2) is 6.55. The third-order valence-electron chi connectivity index (χ3n) is 5.36. The number of hydrogen-bond donors (Lipinski definition) is 1. The van der Waals surface area contributed by atoms with Crippen LogP contribution in [0.15, 0.2) is 0 Å². The molecule has 0 amide bonds. The zero-order valence-corrected chi connectivity index (χ0v) is 13.2. The smallest absolute Gasteiger partial charge is 0.0353 e. The average molecular weight is 267 g/mol. The first-order valence-electron chi connectivity index (χ1n) is 8.19. The van der Waals surface area contributed by atoms with Crippen molar-refractivity contribution in [3.05, 3.63) is 0 Å². The first-order valence-corrected chi connectivity index (χ1v) is 8.19. The molecule has 1 aliphatic heterocycles. The number of nitrogens with two attached hydrogens (primary N) is 1. The molecule has 0 radical (unpaired) electrons. The Hall–Kier alpha value is -0.120. The lowest BCUT2D eigenvalue weighted by molar-refractivity contribution is 0.0232. The van der Waals surface area contributed by atoms with Crippen LogP contribution in [0.3, 0.4) is 0 Å². The average Bonchev–Trinajstić information content (AvgIpc) is 2.34. The molecule has 2 N–H and O–H groups in total. The molecule has 3 heteroatoms. The van der Waals surface area contributed by atoms with Gasteiger partial charge >= 0.3 is 0 Å². The first kappa shape index (κ1) is 15.3. The van der Waals surface area contributed by atoms with Crippen molar-refractivity contribution in [2.75, 3.05) is 39.8 Å². The van der Waals surface area contributed by atoms with Crippen molar-refractivity contribution in [1.29, 1.82) is 0 Å². The summed E-state index contributed by atoms with van der Waals surface area (Å²) in [7, 11) is 2.31. The Morgan fingerprint density at radius 2 is 1.89 bits per heavy atom. The van der Waals surface area contributed by atoms with E-state index in [0.717, 1.165) is 18.4 Å². The number of piperidine rings is 1. The molecule has 2 rings (SSSR count). The van der Waals surface area contributed by atoms with Gasteiger partial charge in [0.15, 0.2) is 0 Å². The van der Waals surface area contributed by atoms with E-state index in [4.69, 9.17) is 5.73 Å². The van der Waals surface area contributed by atoms with Gasteiger partial charge in [-0.05, 0) is 57.7 Å². The van der Waals surface area contributed by atoms with Crippen molar-refractivity contribution in [2.45, 2.75) is 51.5 Å². The summed E-state index contributed by atoms with van der Waals surface area (Å²) < 4.78 is 0. The molecule has 1 saturated carbocycles. The van der Waals surface area contributed by atoms with Crippen molar-refractivity contribution in [3.8, 4) is 0 Å². The minimum Gasteiger partial charge on any atom is -0.329 e. The second-order valence-corrected chi connectivity index (χ2v) is 7.30. The Bertz CT molecular complexity index is 265. The molecule has 112 valence electrons. The number of likely N-dealkylation sites (N-methyl/N-ethyl adjacent to an activating group) is 1. The van der Waals surface area contributed by atoms with E-state index in [0.29, 0.717) is 0 Å². The molecule has 0 spiro atoms. The van der Waals surface area contributed by atoms with Crippen LogP contribution >= 0.6 is 0 Å². The third kappa shape index (κ3) is 3.71. The van der Waals surface area contributed by atoms with E-state index in [1.807, 2.05) is 0 Å². The molecule has 0 bridgehead atoms. The summed E-state index contributed by atoms with van der Waals surface area (Å²) >= 11 is 0. The van der Waals surface area contributed by atoms with Crippen LogP contribution in [0.1, 0.15) is 46.0 Å². The highest BCUT2D eigenvalue weighted by Crippen LogP contribution is 2.32. The summed E-state index contributed by atoms with van der Waals surface area (Å²) in [5.74, 6) is 1.72. The number of hydrogen-bond acceptors (Lipinski definition) is 3. The molecule has 1 saturated heterocycles. The van der Waals surface area contributed by atoms with Gasteiger partial charge in [0.2, 0.25) is 0 Å². The molecule has 0 aromatic heterocycles. The number of likely N-dealkylation sites (tertiary alicyclic amines) is 1. The van der Waals surface area contributed by atoms with E-state index in [9.17, 15) is 0 Å². The molecule has 0 unspecified atom stereocenters. The lowest BCUT2D eigenvalue weighted by Crippen LogP contribution is -2.59. The van der Waals surface area contributed by atoms with E-state index >= 15 is 0 Å². The lowest BCUT2D eigenvalue weighted by atomic mass is 9.81. The largest absolute Gasteiger partial charge is 0.329 e. The summed E-state index contributed by atoms with van der Waals surface area (Å²) in [6.45, 7) is 10.4. The maximum atomic E-state index is 6.16. The third-order valence-corrected chi connectivity index (χ3v) is 5.36. The van der Waals surface area contributed by atoms with Gasteiger partial charge in [0.05, 0.1) is 0 Å². The van der Waals surface area contributed by atoms with Gasteiger partial charge in [0, 0.05) is 25.2 Å². The fourth-order valence-corrected chi connectivity index (χ4v) is 3.67. The second-order valence-electron chi connectivity index (χ2n) is 7.30. The zero-order chi connectivity index (χ0) is 13.9. The van der Waals surface area contributed by atoms with Gasteiger partial charge in [-0.15, -0.1) is 0 Å². The molecule has 1 heterocycles. The van der Waals surface area contributed by atoms with Crippen LogP contribution in [0.5, 0.6) is 0 Å². The predicted molar refractivity (Wildman–Crippen MR) is 82.3 cm³/mol. The quantitative estimate of drug-likeness (QED) is 0.800. The van der Waals surface area contributed by atoms with Gasteiger partial charge in [-0.25, -0.2) is 0 Å². The molecular formula is C16H33N3. The van der Waals surface area contributed by atoms with E-state index in [1.54, 1.807) is 0 Å². The molecule has 0 aromatic carbocycles. The Labute approximate surface area is 119 Å². The van der Waals surface area contributed by atoms with Crippen molar-refractivity contribution in [1.82, 2.24) is 9.80 Å². The van der Waals surface area contributed by atoms with Crippen LogP contribution in [0.4, 0.5) is 0 Å². The Morgan fingerprint density at radius 1 is 1.26 bits per heavy atom.